The zero-order chi connectivity index (χ0) is 23.1. The molecule has 1 atom stereocenters. The molecule has 3 rings (SSSR count). The van der Waals surface area contributed by atoms with Crippen molar-refractivity contribution >= 4 is 23.5 Å². The minimum Gasteiger partial charge on any atom is -0.377 e. The van der Waals surface area contributed by atoms with Crippen molar-refractivity contribution < 1.29 is 24.0 Å². The first-order valence-electron chi connectivity index (χ1n) is 10.1. The van der Waals surface area contributed by atoms with Crippen LogP contribution < -0.4 is 10.6 Å². The van der Waals surface area contributed by atoms with Gasteiger partial charge < -0.3 is 15.4 Å². The Morgan fingerprint density at radius 2 is 1.84 bits per heavy atom. The highest BCUT2D eigenvalue weighted by atomic mass is 16.6. The predicted molar refractivity (Wildman–Crippen MR) is 114 cm³/mol. The number of hydrogen-bond acceptors (Lipinski definition) is 6. The molecule has 1 fully saturated rings. The minimum atomic E-state index is -1.40. The van der Waals surface area contributed by atoms with Gasteiger partial charge in [0.2, 0.25) is 5.91 Å². The second-order valence-electron chi connectivity index (χ2n) is 7.49. The van der Waals surface area contributed by atoms with Crippen molar-refractivity contribution in [2.24, 2.45) is 0 Å². The van der Waals surface area contributed by atoms with E-state index in [0.717, 1.165) is 10.5 Å². The number of carbonyl (C=O) groups is 3. The second kappa shape index (κ2) is 10.0. The Bertz CT molecular complexity index is 995. The minimum absolute atomic E-state index is 0.127. The van der Waals surface area contributed by atoms with Crippen molar-refractivity contribution in [3.05, 3.63) is 75.8 Å². The number of ether oxygens (including phenoxy) is 1. The van der Waals surface area contributed by atoms with Gasteiger partial charge in [0, 0.05) is 25.3 Å². The maximum absolute atomic E-state index is 12.9. The van der Waals surface area contributed by atoms with Crippen molar-refractivity contribution in [2.45, 2.75) is 25.5 Å². The second-order valence-corrected chi connectivity index (χ2v) is 7.49. The number of nitro groups is 1. The number of nitro benzene ring substituents is 1. The van der Waals surface area contributed by atoms with Gasteiger partial charge in [-0.1, -0.05) is 30.3 Å². The summed E-state index contributed by atoms with van der Waals surface area (Å²) in [5, 5.41) is 16.1. The third kappa shape index (κ3) is 5.27. The van der Waals surface area contributed by atoms with E-state index in [1.165, 1.54) is 31.2 Å². The molecule has 0 saturated carbocycles. The molecule has 1 aliphatic heterocycles. The Kier molecular flexibility index (Phi) is 7.16. The van der Waals surface area contributed by atoms with Crippen LogP contribution in [0.15, 0.2) is 54.6 Å². The van der Waals surface area contributed by atoms with Gasteiger partial charge in [-0.2, -0.15) is 0 Å². The van der Waals surface area contributed by atoms with E-state index in [0.29, 0.717) is 31.7 Å². The highest BCUT2D eigenvalue weighted by Gasteiger charge is 2.49. The van der Waals surface area contributed by atoms with Crippen LogP contribution in [0, 0.1) is 10.1 Å². The fourth-order valence-electron chi connectivity index (χ4n) is 3.32. The molecule has 10 nitrogen and oxygen atoms in total. The standard InChI is InChI=1S/C22H24N4O6/c1-22(17-8-10-18(11-9-17)26(30)31)20(28)25(21(29)24-22)14-19(27)23-12-5-13-32-15-16-6-3-2-4-7-16/h2-4,6-11H,5,12-15H2,1H3,(H,23,27)(H,24,29). The highest BCUT2D eigenvalue weighted by Crippen LogP contribution is 2.29. The number of benzene rings is 2. The van der Waals surface area contributed by atoms with E-state index in [4.69, 9.17) is 4.74 Å². The number of nitrogens with zero attached hydrogens (tertiary/aromatic N) is 2. The third-order valence-electron chi connectivity index (χ3n) is 5.13. The average molecular weight is 440 g/mol. The zero-order valence-corrected chi connectivity index (χ0v) is 17.6. The first kappa shape index (κ1) is 22.9. The topological polar surface area (TPSA) is 131 Å². The van der Waals surface area contributed by atoms with E-state index in [-0.39, 0.29) is 5.69 Å². The number of non-ortho nitro benzene ring substituents is 1. The smallest absolute Gasteiger partial charge is 0.325 e. The van der Waals surface area contributed by atoms with Gasteiger partial charge in [-0.3, -0.25) is 24.6 Å². The van der Waals surface area contributed by atoms with Gasteiger partial charge in [-0.15, -0.1) is 0 Å². The Labute approximate surface area is 184 Å². The molecule has 4 amide bonds. The number of urea groups is 1. The Morgan fingerprint density at radius 3 is 2.50 bits per heavy atom. The molecular weight excluding hydrogens is 416 g/mol. The van der Waals surface area contributed by atoms with Crippen LogP contribution in [-0.4, -0.2) is 47.4 Å². The van der Waals surface area contributed by atoms with Crippen LogP contribution in [0.4, 0.5) is 10.5 Å². The van der Waals surface area contributed by atoms with E-state index >= 15 is 0 Å². The molecule has 2 N–H and O–H groups in total. The van der Waals surface area contributed by atoms with Crippen molar-refractivity contribution in [2.75, 3.05) is 19.7 Å². The molecule has 0 aromatic heterocycles. The molecule has 1 unspecified atom stereocenters. The summed E-state index contributed by atoms with van der Waals surface area (Å²) in [5.74, 6) is -1.07. The molecule has 1 heterocycles. The van der Waals surface area contributed by atoms with Crippen LogP contribution >= 0.6 is 0 Å². The Hall–Kier alpha value is -3.79. The van der Waals surface area contributed by atoms with Gasteiger partial charge in [0.25, 0.3) is 11.6 Å². The highest BCUT2D eigenvalue weighted by molar-refractivity contribution is 6.09. The molecule has 1 aliphatic rings. The van der Waals surface area contributed by atoms with E-state index in [1.54, 1.807) is 0 Å². The number of carbonyl (C=O) groups excluding carboxylic acids is 3. The predicted octanol–water partition coefficient (Wildman–Crippen LogP) is 2.08. The van der Waals surface area contributed by atoms with Gasteiger partial charge in [0.15, 0.2) is 0 Å². The Morgan fingerprint density at radius 1 is 1.16 bits per heavy atom. The zero-order valence-electron chi connectivity index (χ0n) is 17.6. The molecule has 0 aliphatic carbocycles. The van der Waals surface area contributed by atoms with Gasteiger partial charge in [0.05, 0.1) is 11.5 Å². The molecule has 0 spiro atoms. The summed E-state index contributed by atoms with van der Waals surface area (Å²) in [5.41, 5.74) is -0.0817. The van der Waals surface area contributed by atoms with Crippen LogP contribution in [-0.2, 0) is 26.5 Å². The maximum Gasteiger partial charge on any atom is 0.325 e. The quantitative estimate of drug-likeness (QED) is 0.252. The number of rotatable bonds is 10. The van der Waals surface area contributed by atoms with E-state index < -0.39 is 34.9 Å². The van der Waals surface area contributed by atoms with Gasteiger partial charge in [0.1, 0.15) is 12.1 Å². The molecule has 2 aromatic rings. The first-order chi connectivity index (χ1) is 15.3. The molecule has 10 heteroatoms. The van der Waals surface area contributed by atoms with Crippen LogP contribution in [0.5, 0.6) is 0 Å². The lowest BCUT2D eigenvalue weighted by atomic mass is 9.92. The average Bonchev–Trinajstić information content (AvgIpc) is 3.00. The van der Waals surface area contributed by atoms with Crippen molar-refractivity contribution in [3.63, 3.8) is 0 Å². The summed E-state index contributed by atoms with van der Waals surface area (Å²) >= 11 is 0. The van der Waals surface area contributed by atoms with Crippen molar-refractivity contribution in [1.82, 2.24) is 15.5 Å². The molecule has 2 aromatic carbocycles. The van der Waals surface area contributed by atoms with Crippen LogP contribution in [0.25, 0.3) is 0 Å². The van der Waals surface area contributed by atoms with Gasteiger partial charge in [-0.05, 0) is 36.6 Å². The first-order valence-corrected chi connectivity index (χ1v) is 10.1. The van der Waals surface area contributed by atoms with Crippen LogP contribution in [0.3, 0.4) is 0 Å². The monoisotopic (exact) mass is 440 g/mol. The van der Waals surface area contributed by atoms with Gasteiger partial charge in [-0.25, -0.2) is 4.79 Å². The fourth-order valence-corrected chi connectivity index (χ4v) is 3.32. The van der Waals surface area contributed by atoms with E-state index in [2.05, 4.69) is 10.6 Å². The van der Waals surface area contributed by atoms with Crippen LogP contribution in [0.2, 0.25) is 0 Å². The summed E-state index contributed by atoms with van der Waals surface area (Å²) in [4.78, 5) is 48.5. The van der Waals surface area contributed by atoms with Crippen molar-refractivity contribution in [3.8, 4) is 0 Å². The summed E-state index contributed by atoms with van der Waals surface area (Å²) in [6.45, 7) is 2.36. The molecule has 0 radical (unpaired) electrons. The summed E-state index contributed by atoms with van der Waals surface area (Å²) < 4.78 is 5.55. The maximum atomic E-state index is 12.9. The molecule has 168 valence electrons. The number of amides is 4. The lowest BCUT2D eigenvalue weighted by Gasteiger charge is -2.22. The third-order valence-corrected chi connectivity index (χ3v) is 5.13. The molecule has 32 heavy (non-hydrogen) atoms. The van der Waals surface area contributed by atoms with E-state index in [1.807, 2.05) is 30.3 Å². The normalized spacial score (nSPS) is 17.8. The van der Waals surface area contributed by atoms with Crippen LogP contribution in [0.1, 0.15) is 24.5 Å². The number of imide groups is 1. The number of nitrogens with one attached hydrogen (secondary N) is 2. The Balaban J connectivity index is 1.46. The lowest BCUT2D eigenvalue weighted by Crippen LogP contribution is -2.43. The molecule has 1 saturated heterocycles. The summed E-state index contributed by atoms with van der Waals surface area (Å²) in [6, 6.07) is 14.4. The SMILES string of the molecule is CC1(c2ccc([N+](=O)[O-])cc2)NC(=O)N(CC(=O)NCCCOCc2ccccc2)C1=O. The molecule has 0 bridgehead atoms. The molecular formula is C22H24N4O6. The fraction of sp³-hybridized carbons (Fsp3) is 0.318. The van der Waals surface area contributed by atoms with Crippen molar-refractivity contribution in [1.29, 1.82) is 0 Å². The lowest BCUT2D eigenvalue weighted by molar-refractivity contribution is -0.384. The largest absolute Gasteiger partial charge is 0.377 e. The summed E-state index contributed by atoms with van der Waals surface area (Å²) in [7, 11) is 0. The van der Waals surface area contributed by atoms with Gasteiger partial charge >= 0.3 is 6.03 Å². The van der Waals surface area contributed by atoms with E-state index in [9.17, 15) is 24.5 Å². The number of hydrogen-bond donors (Lipinski definition) is 2. The summed E-state index contributed by atoms with van der Waals surface area (Å²) in [6.07, 6.45) is 0.583.